The maximum absolute atomic E-state index is 9.71. The molecule has 0 saturated carbocycles. The van der Waals surface area contributed by atoms with E-state index in [4.69, 9.17) is 0 Å². The summed E-state index contributed by atoms with van der Waals surface area (Å²) in [4.78, 5) is 0. The van der Waals surface area contributed by atoms with Gasteiger partial charge < -0.3 is 10.4 Å². The molecular formula is C11H17NO. The molecule has 0 aliphatic rings. The lowest BCUT2D eigenvalue weighted by Crippen LogP contribution is -2.20. The Balaban J connectivity index is 2.60. The van der Waals surface area contributed by atoms with E-state index in [0.717, 1.165) is 12.1 Å². The molecule has 0 radical (unpaired) electrons. The molecule has 0 aliphatic carbocycles. The Bertz CT molecular complexity index is 260. The van der Waals surface area contributed by atoms with Crippen molar-refractivity contribution in [2.75, 3.05) is 13.1 Å². The van der Waals surface area contributed by atoms with Crippen LogP contribution in [0, 0.1) is 6.92 Å². The van der Waals surface area contributed by atoms with Crippen LogP contribution in [0.15, 0.2) is 24.3 Å². The summed E-state index contributed by atoms with van der Waals surface area (Å²) in [7, 11) is 0. The predicted molar refractivity (Wildman–Crippen MR) is 54.7 cm³/mol. The number of hydrogen-bond acceptors (Lipinski definition) is 2. The van der Waals surface area contributed by atoms with Crippen LogP contribution in [-0.4, -0.2) is 18.2 Å². The van der Waals surface area contributed by atoms with Crippen molar-refractivity contribution >= 4 is 0 Å². The molecular weight excluding hydrogens is 162 g/mol. The molecule has 0 amide bonds. The monoisotopic (exact) mass is 179 g/mol. The fraction of sp³-hybridized carbons (Fsp3) is 0.455. The molecule has 1 rings (SSSR count). The van der Waals surface area contributed by atoms with Crippen LogP contribution in [0.25, 0.3) is 0 Å². The molecule has 0 saturated heterocycles. The van der Waals surface area contributed by atoms with Crippen LogP contribution < -0.4 is 5.32 Å². The lowest BCUT2D eigenvalue weighted by molar-refractivity contribution is 0.175. The van der Waals surface area contributed by atoms with Crippen molar-refractivity contribution in [2.24, 2.45) is 0 Å². The Hall–Kier alpha value is -0.860. The minimum absolute atomic E-state index is 0.389. The Morgan fingerprint density at radius 1 is 1.46 bits per heavy atom. The smallest absolute Gasteiger partial charge is 0.0914 e. The van der Waals surface area contributed by atoms with Gasteiger partial charge in [-0.05, 0) is 19.0 Å². The van der Waals surface area contributed by atoms with Crippen LogP contribution in [0.5, 0.6) is 0 Å². The van der Waals surface area contributed by atoms with Crippen molar-refractivity contribution in [3.63, 3.8) is 0 Å². The standard InChI is InChI=1S/C11H17NO/c1-3-12-8-11(13)10-6-4-5-9(2)7-10/h4-7,11-13H,3,8H2,1-2H3. The number of aliphatic hydroxyl groups excluding tert-OH is 1. The summed E-state index contributed by atoms with van der Waals surface area (Å²) < 4.78 is 0. The van der Waals surface area contributed by atoms with Crippen molar-refractivity contribution in [1.82, 2.24) is 5.32 Å². The number of hydrogen-bond donors (Lipinski definition) is 2. The number of aliphatic hydroxyl groups is 1. The Morgan fingerprint density at radius 3 is 2.85 bits per heavy atom. The summed E-state index contributed by atoms with van der Waals surface area (Å²) in [6, 6.07) is 7.97. The molecule has 0 spiro atoms. The minimum Gasteiger partial charge on any atom is -0.387 e. The lowest BCUT2D eigenvalue weighted by atomic mass is 10.1. The Kier molecular flexibility index (Phi) is 3.93. The fourth-order valence-corrected chi connectivity index (χ4v) is 1.28. The largest absolute Gasteiger partial charge is 0.387 e. The van der Waals surface area contributed by atoms with E-state index in [2.05, 4.69) is 5.32 Å². The summed E-state index contributed by atoms with van der Waals surface area (Å²) in [6.07, 6.45) is -0.389. The minimum atomic E-state index is -0.389. The van der Waals surface area contributed by atoms with E-state index in [1.54, 1.807) is 0 Å². The summed E-state index contributed by atoms with van der Waals surface area (Å²) >= 11 is 0. The van der Waals surface area contributed by atoms with Crippen LogP contribution in [0.3, 0.4) is 0 Å². The van der Waals surface area contributed by atoms with Gasteiger partial charge in [0.1, 0.15) is 0 Å². The van der Waals surface area contributed by atoms with Gasteiger partial charge >= 0.3 is 0 Å². The first-order valence-corrected chi connectivity index (χ1v) is 4.69. The average Bonchev–Trinajstić information content (AvgIpc) is 2.14. The number of rotatable bonds is 4. The van der Waals surface area contributed by atoms with Crippen molar-refractivity contribution in [3.8, 4) is 0 Å². The Morgan fingerprint density at radius 2 is 2.23 bits per heavy atom. The zero-order valence-corrected chi connectivity index (χ0v) is 8.25. The van der Waals surface area contributed by atoms with Crippen molar-refractivity contribution in [3.05, 3.63) is 35.4 Å². The molecule has 1 aromatic carbocycles. The van der Waals surface area contributed by atoms with Crippen molar-refractivity contribution in [1.29, 1.82) is 0 Å². The van der Waals surface area contributed by atoms with Crippen LogP contribution in [0.1, 0.15) is 24.2 Å². The second-order valence-corrected chi connectivity index (χ2v) is 3.24. The van der Waals surface area contributed by atoms with Gasteiger partial charge in [0.15, 0.2) is 0 Å². The average molecular weight is 179 g/mol. The van der Waals surface area contributed by atoms with Gasteiger partial charge in [-0.2, -0.15) is 0 Å². The van der Waals surface area contributed by atoms with E-state index < -0.39 is 0 Å². The highest BCUT2D eigenvalue weighted by molar-refractivity contribution is 5.24. The van der Waals surface area contributed by atoms with Gasteiger partial charge in [0.25, 0.3) is 0 Å². The van der Waals surface area contributed by atoms with E-state index in [0.29, 0.717) is 6.54 Å². The molecule has 2 nitrogen and oxygen atoms in total. The third-order valence-electron chi connectivity index (χ3n) is 2.01. The molecule has 0 aromatic heterocycles. The van der Waals surface area contributed by atoms with Crippen LogP contribution in [0.2, 0.25) is 0 Å². The van der Waals surface area contributed by atoms with Gasteiger partial charge in [-0.1, -0.05) is 36.8 Å². The van der Waals surface area contributed by atoms with E-state index >= 15 is 0 Å². The van der Waals surface area contributed by atoms with E-state index in [1.807, 2.05) is 38.1 Å². The normalized spacial score (nSPS) is 12.8. The van der Waals surface area contributed by atoms with Crippen molar-refractivity contribution in [2.45, 2.75) is 20.0 Å². The maximum atomic E-state index is 9.71. The molecule has 1 unspecified atom stereocenters. The Labute approximate surface area is 79.6 Å². The lowest BCUT2D eigenvalue weighted by Gasteiger charge is -2.11. The molecule has 1 aromatic rings. The van der Waals surface area contributed by atoms with Gasteiger partial charge in [0, 0.05) is 6.54 Å². The second-order valence-electron chi connectivity index (χ2n) is 3.24. The summed E-state index contributed by atoms with van der Waals surface area (Å²) in [5.41, 5.74) is 2.17. The zero-order valence-electron chi connectivity index (χ0n) is 8.25. The molecule has 0 heterocycles. The number of aryl methyl sites for hydroxylation is 1. The number of likely N-dealkylation sites (N-methyl/N-ethyl adjacent to an activating group) is 1. The first-order chi connectivity index (χ1) is 6.24. The third kappa shape index (κ3) is 3.17. The summed E-state index contributed by atoms with van der Waals surface area (Å²) in [5, 5.41) is 12.8. The van der Waals surface area contributed by atoms with Crippen LogP contribution in [-0.2, 0) is 0 Å². The first-order valence-electron chi connectivity index (χ1n) is 4.69. The van der Waals surface area contributed by atoms with Crippen LogP contribution in [0.4, 0.5) is 0 Å². The third-order valence-corrected chi connectivity index (χ3v) is 2.01. The molecule has 2 heteroatoms. The molecule has 13 heavy (non-hydrogen) atoms. The maximum Gasteiger partial charge on any atom is 0.0914 e. The topological polar surface area (TPSA) is 32.3 Å². The second kappa shape index (κ2) is 5.00. The van der Waals surface area contributed by atoms with Crippen molar-refractivity contribution < 1.29 is 5.11 Å². The number of benzene rings is 1. The van der Waals surface area contributed by atoms with Gasteiger partial charge in [-0.15, -0.1) is 0 Å². The van der Waals surface area contributed by atoms with Gasteiger partial charge in [0.05, 0.1) is 6.10 Å². The highest BCUT2D eigenvalue weighted by atomic mass is 16.3. The molecule has 0 fully saturated rings. The number of nitrogens with one attached hydrogen (secondary N) is 1. The molecule has 0 bridgehead atoms. The first kappa shape index (κ1) is 10.2. The van der Waals surface area contributed by atoms with E-state index in [9.17, 15) is 5.11 Å². The highest BCUT2D eigenvalue weighted by Gasteiger charge is 2.05. The van der Waals surface area contributed by atoms with Crippen LogP contribution >= 0.6 is 0 Å². The molecule has 0 aliphatic heterocycles. The fourth-order valence-electron chi connectivity index (χ4n) is 1.28. The summed E-state index contributed by atoms with van der Waals surface area (Å²) in [6.45, 7) is 5.58. The van der Waals surface area contributed by atoms with E-state index in [-0.39, 0.29) is 6.10 Å². The van der Waals surface area contributed by atoms with Gasteiger partial charge in [0.2, 0.25) is 0 Å². The molecule has 1 atom stereocenters. The SMILES string of the molecule is CCNCC(O)c1cccc(C)c1. The zero-order chi connectivity index (χ0) is 9.68. The summed E-state index contributed by atoms with van der Waals surface area (Å²) in [5.74, 6) is 0. The van der Waals surface area contributed by atoms with Gasteiger partial charge in [-0.3, -0.25) is 0 Å². The highest BCUT2D eigenvalue weighted by Crippen LogP contribution is 2.12. The molecule has 2 N–H and O–H groups in total. The molecule has 72 valence electrons. The van der Waals surface area contributed by atoms with E-state index in [1.165, 1.54) is 5.56 Å². The predicted octanol–water partition coefficient (Wildman–Crippen LogP) is 1.64. The van der Waals surface area contributed by atoms with Gasteiger partial charge in [-0.25, -0.2) is 0 Å². The quantitative estimate of drug-likeness (QED) is 0.736.